The number of pyridine rings is 1. The van der Waals surface area contributed by atoms with Crippen molar-refractivity contribution in [2.75, 3.05) is 5.73 Å². The molecule has 1 aliphatic carbocycles. The summed E-state index contributed by atoms with van der Waals surface area (Å²) < 4.78 is 28.4. The number of halogens is 2. The number of aliphatic hydroxyl groups excluding tert-OH is 1. The normalized spacial score (nSPS) is 20.3. The van der Waals surface area contributed by atoms with E-state index in [1.165, 1.54) is 30.5 Å². The summed E-state index contributed by atoms with van der Waals surface area (Å²) in [5.41, 5.74) is 5.77. The number of aliphatic hydroxyl groups is 1. The highest BCUT2D eigenvalue weighted by Crippen LogP contribution is 2.23. The van der Waals surface area contributed by atoms with Gasteiger partial charge >= 0.3 is 0 Å². The van der Waals surface area contributed by atoms with Gasteiger partial charge in [0, 0.05) is 22.9 Å². The number of hydrogen-bond acceptors (Lipinski definition) is 4. The highest BCUT2D eigenvalue weighted by molar-refractivity contribution is 5.95. The third-order valence-electron chi connectivity index (χ3n) is 4.65. The van der Waals surface area contributed by atoms with Gasteiger partial charge in [0.05, 0.1) is 12.1 Å². The summed E-state index contributed by atoms with van der Waals surface area (Å²) in [4.78, 5) is 16.2. The second kappa shape index (κ2) is 8.26. The Morgan fingerprint density at radius 2 is 1.96 bits per heavy atom. The smallest absolute Gasteiger partial charge is 0.251 e. The van der Waals surface area contributed by atoms with Crippen LogP contribution in [0.15, 0.2) is 36.5 Å². The molecule has 0 unspecified atom stereocenters. The second-order valence-corrected chi connectivity index (χ2v) is 6.63. The summed E-state index contributed by atoms with van der Waals surface area (Å²) in [6, 6.07) is 6.29. The Morgan fingerprint density at radius 1 is 1.22 bits per heavy atom. The lowest BCUT2D eigenvalue weighted by atomic mass is 9.92. The van der Waals surface area contributed by atoms with Gasteiger partial charge in [0.15, 0.2) is 0 Å². The Balaban J connectivity index is 1.80. The van der Waals surface area contributed by atoms with E-state index < -0.39 is 23.7 Å². The Kier molecular flexibility index (Phi) is 5.81. The first kappa shape index (κ1) is 19.0. The van der Waals surface area contributed by atoms with Crippen molar-refractivity contribution < 1.29 is 18.7 Å². The lowest BCUT2D eigenvalue weighted by Gasteiger charge is -2.28. The number of carbonyl (C=O) groups is 1. The van der Waals surface area contributed by atoms with E-state index in [2.05, 4.69) is 10.3 Å². The Bertz CT molecular complexity index is 853. The molecule has 0 spiro atoms. The van der Waals surface area contributed by atoms with Crippen molar-refractivity contribution in [1.82, 2.24) is 10.3 Å². The molecule has 1 saturated carbocycles. The van der Waals surface area contributed by atoms with Crippen LogP contribution in [0.5, 0.6) is 0 Å². The van der Waals surface area contributed by atoms with Crippen molar-refractivity contribution in [2.45, 2.75) is 37.8 Å². The number of hydrogen-bond donors (Lipinski definition) is 3. The van der Waals surface area contributed by atoms with Crippen LogP contribution in [-0.4, -0.2) is 28.1 Å². The largest absolute Gasteiger partial charge is 0.391 e. The summed E-state index contributed by atoms with van der Waals surface area (Å²) in [5, 5.41) is 12.8. The minimum Gasteiger partial charge on any atom is -0.391 e. The van der Waals surface area contributed by atoms with Gasteiger partial charge in [0.1, 0.15) is 17.5 Å². The quantitative estimate of drug-likeness (QED) is 0.767. The summed E-state index contributed by atoms with van der Waals surface area (Å²) >= 11 is 0. The maximum absolute atomic E-state index is 14.4. The SMILES string of the molecule is Nc1ccc(/C(F)=C/c2cc(C(=O)N[C@H]3CCCC[C@@H]3O)ccc2F)cn1. The Hall–Kier alpha value is -2.80. The van der Waals surface area contributed by atoms with Gasteiger partial charge in [-0.3, -0.25) is 4.79 Å². The molecule has 4 N–H and O–H groups in total. The standard InChI is InChI=1S/C20H21F2N3O2/c21-15-7-5-12(20(27)25-17-3-1-2-4-18(17)26)9-14(15)10-16(22)13-6-8-19(23)24-11-13/h5-11,17-18,26H,1-4H2,(H2,23,24)(H,25,27)/b16-10-/t17-,18-/m0/s1. The van der Waals surface area contributed by atoms with Crippen molar-refractivity contribution in [2.24, 2.45) is 0 Å². The zero-order valence-corrected chi connectivity index (χ0v) is 14.7. The molecule has 1 aromatic heterocycles. The molecule has 0 radical (unpaired) electrons. The Labute approximate surface area is 155 Å². The molecule has 5 nitrogen and oxygen atoms in total. The summed E-state index contributed by atoms with van der Waals surface area (Å²) in [6.07, 6.45) is 4.87. The molecule has 142 valence electrons. The molecule has 1 heterocycles. The van der Waals surface area contributed by atoms with Crippen LogP contribution in [0.2, 0.25) is 0 Å². The summed E-state index contributed by atoms with van der Waals surface area (Å²) in [5.74, 6) is -1.52. The lowest BCUT2D eigenvalue weighted by molar-refractivity contribution is 0.0717. The van der Waals surface area contributed by atoms with Crippen LogP contribution in [0.4, 0.5) is 14.6 Å². The first-order valence-corrected chi connectivity index (χ1v) is 8.81. The van der Waals surface area contributed by atoms with Crippen LogP contribution in [0.3, 0.4) is 0 Å². The van der Waals surface area contributed by atoms with E-state index in [4.69, 9.17) is 5.73 Å². The van der Waals surface area contributed by atoms with E-state index in [1.807, 2.05) is 0 Å². The average Bonchev–Trinajstić information content (AvgIpc) is 2.65. The average molecular weight is 373 g/mol. The maximum Gasteiger partial charge on any atom is 0.251 e. The first-order chi connectivity index (χ1) is 12.9. The zero-order chi connectivity index (χ0) is 19.4. The molecule has 0 saturated heterocycles. The number of benzene rings is 1. The van der Waals surface area contributed by atoms with Crippen LogP contribution in [-0.2, 0) is 0 Å². The molecule has 2 aromatic rings. The van der Waals surface area contributed by atoms with Gasteiger partial charge < -0.3 is 16.2 Å². The number of carbonyl (C=O) groups excluding carboxylic acids is 1. The van der Waals surface area contributed by atoms with Crippen LogP contribution >= 0.6 is 0 Å². The van der Waals surface area contributed by atoms with Crippen molar-refractivity contribution in [3.63, 3.8) is 0 Å². The van der Waals surface area contributed by atoms with Crippen LogP contribution < -0.4 is 11.1 Å². The van der Waals surface area contributed by atoms with Gasteiger partial charge in [-0.1, -0.05) is 12.8 Å². The predicted molar refractivity (Wildman–Crippen MR) is 99.8 cm³/mol. The van der Waals surface area contributed by atoms with Crippen molar-refractivity contribution in [1.29, 1.82) is 0 Å². The van der Waals surface area contributed by atoms with E-state index in [0.29, 0.717) is 12.8 Å². The highest BCUT2D eigenvalue weighted by Gasteiger charge is 2.25. The number of rotatable bonds is 4. The second-order valence-electron chi connectivity index (χ2n) is 6.63. The van der Waals surface area contributed by atoms with Gasteiger partial charge in [-0.2, -0.15) is 0 Å². The first-order valence-electron chi connectivity index (χ1n) is 8.81. The molecule has 0 bridgehead atoms. The van der Waals surface area contributed by atoms with Crippen molar-refractivity contribution in [3.8, 4) is 0 Å². The predicted octanol–water partition coefficient (Wildman–Crippen LogP) is 3.30. The topological polar surface area (TPSA) is 88.2 Å². The lowest BCUT2D eigenvalue weighted by Crippen LogP contribution is -2.45. The fourth-order valence-electron chi connectivity index (χ4n) is 3.09. The molecular formula is C20H21F2N3O2. The minimum absolute atomic E-state index is 0.0545. The molecule has 0 aliphatic heterocycles. The maximum atomic E-state index is 14.4. The molecule has 1 fully saturated rings. The molecular weight excluding hydrogens is 352 g/mol. The molecule has 1 aromatic carbocycles. The molecule has 1 amide bonds. The minimum atomic E-state index is -0.693. The molecule has 7 heteroatoms. The summed E-state index contributed by atoms with van der Waals surface area (Å²) in [6.45, 7) is 0. The van der Waals surface area contributed by atoms with E-state index in [1.54, 1.807) is 0 Å². The number of anilines is 1. The van der Waals surface area contributed by atoms with Gasteiger partial charge in [-0.05, 0) is 49.2 Å². The van der Waals surface area contributed by atoms with E-state index in [9.17, 15) is 18.7 Å². The Morgan fingerprint density at radius 3 is 2.67 bits per heavy atom. The van der Waals surface area contributed by atoms with Crippen LogP contribution in [0, 0.1) is 5.82 Å². The van der Waals surface area contributed by atoms with Crippen molar-refractivity contribution >= 4 is 23.6 Å². The van der Waals surface area contributed by atoms with E-state index >= 15 is 0 Å². The molecule has 3 rings (SSSR count). The molecule has 1 aliphatic rings. The van der Waals surface area contributed by atoms with Gasteiger partial charge in [0.2, 0.25) is 0 Å². The number of nitrogens with two attached hydrogens (primary N) is 1. The van der Waals surface area contributed by atoms with E-state index in [-0.39, 0.29) is 28.6 Å². The fourth-order valence-corrected chi connectivity index (χ4v) is 3.09. The molecule has 2 atom stereocenters. The third-order valence-corrected chi connectivity index (χ3v) is 4.65. The van der Waals surface area contributed by atoms with Gasteiger partial charge in [0.25, 0.3) is 5.91 Å². The van der Waals surface area contributed by atoms with Gasteiger partial charge in [-0.25, -0.2) is 13.8 Å². The summed E-state index contributed by atoms with van der Waals surface area (Å²) in [7, 11) is 0. The van der Waals surface area contributed by atoms with Crippen LogP contribution in [0.25, 0.3) is 11.9 Å². The zero-order valence-electron chi connectivity index (χ0n) is 14.7. The number of nitrogens with zero attached hydrogens (tertiary/aromatic N) is 1. The number of nitrogen functional groups attached to an aromatic ring is 1. The number of aromatic nitrogens is 1. The molecule has 27 heavy (non-hydrogen) atoms. The van der Waals surface area contributed by atoms with E-state index in [0.717, 1.165) is 25.0 Å². The third kappa shape index (κ3) is 4.68. The van der Waals surface area contributed by atoms with Gasteiger partial charge in [-0.15, -0.1) is 0 Å². The number of amides is 1. The number of nitrogens with one attached hydrogen (secondary N) is 1. The fraction of sp³-hybridized carbons (Fsp3) is 0.300. The van der Waals surface area contributed by atoms with Crippen molar-refractivity contribution in [3.05, 3.63) is 59.0 Å². The highest BCUT2D eigenvalue weighted by atomic mass is 19.1. The monoisotopic (exact) mass is 373 g/mol. The van der Waals surface area contributed by atoms with Crippen LogP contribution in [0.1, 0.15) is 47.2 Å².